The zero-order valence-corrected chi connectivity index (χ0v) is 8.84. The van der Waals surface area contributed by atoms with Crippen molar-refractivity contribution in [2.24, 2.45) is 0 Å². The number of amides is 1. The first-order chi connectivity index (χ1) is 7.68. The van der Waals surface area contributed by atoms with Crippen LogP contribution in [-0.2, 0) is 6.42 Å². The molecule has 0 spiro atoms. The lowest BCUT2D eigenvalue weighted by Gasteiger charge is -2.22. The Bertz CT molecular complexity index is 369. The molecule has 1 unspecified atom stereocenters. The standard InChI is InChI=1S/C12H14FNO2/c13-10-6-7-14(12(15)16)11(10)8-9-4-2-1-3-5-9/h1-5,10-11H,6-8H2,(H,15,16)/t10-,11?/m1/s1. The summed E-state index contributed by atoms with van der Waals surface area (Å²) in [6, 6.07) is 8.90. The maximum atomic E-state index is 13.6. The van der Waals surface area contributed by atoms with Crippen molar-refractivity contribution in [2.75, 3.05) is 6.54 Å². The van der Waals surface area contributed by atoms with Crippen LogP contribution in [0, 0.1) is 0 Å². The van der Waals surface area contributed by atoms with E-state index >= 15 is 0 Å². The molecule has 1 aliphatic rings. The highest BCUT2D eigenvalue weighted by atomic mass is 19.1. The van der Waals surface area contributed by atoms with Crippen molar-refractivity contribution in [1.29, 1.82) is 0 Å². The maximum absolute atomic E-state index is 13.6. The lowest BCUT2D eigenvalue weighted by atomic mass is 10.0. The fourth-order valence-corrected chi connectivity index (χ4v) is 2.15. The van der Waals surface area contributed by atoms with Gasteiger partial charge in [-0.2, -0.15) is 0 Å². The molecule has 2 rings (SSSR count). The van der Waals surface area contributed by atoms with Crippen LogP contribution in [0.1, 0.15) is 12.0 Å². The normalized spacial score (nSPS) is 24.7. The highest BCUT2D eigenvalue weighted by molar-refractivity contribution is 5.66. The SMILES string of the molecule is O=C(O)N1CC[C@@H](F)C1Cc1ccccc1. The summed E-state index contributed by atoms with van der Waals surface area (Å²) in [4.78, 5) is 12.1. The van der Waals surface area contributed by atoms with Gasteiger partial charge in [0.25, 0.3) is 0 Å². The summed E-state index contributed by atoms with van der Waals surface area (Å²) in [5.41, 5.74) is 0.975. The number of likely N-dealkylation sites (tertiary alicyclic amines) is 1. The van der Waals surface area contributed by atoms with Gasteiger partial charge in [-0.1, -0.05) is 30.3 Å². The number of carboxylic acid groups (broad SMARTS) is 1. The Morgan fingerprint density at radius 3 is 2.75 bits per heavy atom. The van der Waals surface area contributed by atoms with Gasteiger partial charge in [0, 0.05) is 6.54 Å². The molecule has 0 aliphatic carbocycles. The van der Waals surface area contributed by atoms with E-state index < -0.39 is 18.3 Å². The van der Waals surface area contributed by atoms with Gasteiger partial charge in [0.2, 0.25) is 0 Å². The van der Waals surface area contributed by atoms with E-state index in [9.17, 15) is 9.18 Å². The fourth-order valence-electron chi connectivity index (χ4n) is 2.15. The third-order valence-corrected chi connectivity index (χ3v) is 3.00. The summed E-state index contributed by atoms with van der Waals surface area (Å²) >= 11 is 0. The topological polar surface area (TPSA) is 40.5 Å². The second-order valence-corrected chi connectivity index (χ2v) is 4.04. The van der Waals surface area contributed by atoms with Crippen molar-refractivity contribution in [1.82, 2.24) is 4.90 Å². The highest BCUT2D eigenvalue weighted by Gasteiger charge is 2.37. The second-order valence-electron chi connectivity index (χ2n) is 4.04. The molecule has 0 saturated carbocycles. The van der Waals surface area contributed by atoms with E-state index in [4.69, 9.17) is 5.11 Å². The van der Waals surface area contributed by atoms with Crippen LogP contribution >= 0.6 is 0 Å². The van der Waals surface area contributed by atoms with Crippen LogP contribution in [0.3, 0.4) is 0 Å². The molecule has 1 aromatic carbocycles. The quantitative estimate of drug-likeness (QED) is 0.835. The minimum Gasteiger partial charge on any atom is -0.465 e. The molecule has 2 atom stereocenters. The molecule has 4 heteroatoms. The molecule has 1 heterocycles. The van der Waals surface area contributed by atoms with Gasteiger partial charge in [-0.25, -0.2) is 9.18 Å². The first-order valence-corrected chi connectivity index (χ1v) is 5.36. The van der Waals surface area contributed by atoms with Gasteiger partial charge in [-0.15, -0.1) is 0 Å². The van der Waals surface area contributed by atoms with E-state index in [2.05, 4.69) is 0 Å². The van der Waals surface area contributed by atoms with E-state index in [-0.39, 0.29) is 0 Å². The summed E-state index contributed by atoms with van der Waals surface area (Å²) < 4.78 is 13.6. The van der Waals surface area contributed by atoms with Gasteiger partial charge in [0.1, 0.15) is 6.17 Å². The Morgan fingerprint density at radius 1 is 1.44 bits per heavy atom. The number of rotatable bonds is 2. The number of alkyl halides is 1. The van der Waals surface area contributed by atoms with Gasteiger partial charge >= 0.3 is 6.09 Å². The predicted octanol–water partition coefficient (Wildman–Crippen LogP) is 2.32. The summed E-state index contributed by atoms with van der Waals surface area (Å²) in [5.74, 6) is 0. The highest BCUT2D eigenvalue weighted by Crippen LogP contribution is 2.24. The summed E-state index contributed by atoms with van der Waals surface area (Å²) in [5, 5.41) is 8.94. The van der Waals surface area contributed by atoms with Crippen LogP contribution in [0.15, 0.2) is 30.3 Å². The van der Waals surface area contributed by atoms with Gasteiger partial charge in [0.15, 0.2) is 0 Å². The summed E-state index contributed by atoms with van der Waals surface area (Å²) in [6.45, 7) is 0.300. The van der Waals surface area contributed by atoms with Crippen LogP contribution in [0.4, 0.5) is 9.18 Å². The molecule has 16 heavy (non-hydrogen) atoms. The lowest BCUT2D eigenvalue weighted by Crippen LogP contribution is -2.39. The van der Waals surface area contributed by atoms with Crippen molar-refractivity contribution < 1.29 is 14.3 Å². The smallest absolute Gasteiger partial charge is 0.407 e. The average molecular weight is 223 g/mol. The number of halogens is 1. The molecule has 0 bridgehead atoms. The molecule has 1 aliphatic heterocycles. The van der Waals surface area contributed by atoms with Crippen LogP contribution in [0.2, 0.25) is 0 Å². The first kappa shape index (κ1) is 10.9. The fraction of sp³-hybridized carbons (Fsp3) is 0.417. The number of hydrogen-bond acceptors (Lipinski definition) is 1. The van der Waals surface area contributed by atoms with Crippen LogP contribution in [-0.4, -0.2) is 34.9 Å². The molecular weight excluding hydrogens is 209 g/mol. The Labute approximate surface area is 93.5 Å². The van der Waals surface area contributed by atoms with Gasteiger partial charge in [-0.3, -0.25) is 0 Å². The van der Waals surface area contributed by atoms with Crippen LogP contribution in [0.25, 0.3) is 0 Å². The molecule has 1 fully saturated rings. The van der Waals surface area contributed by atoms with Crippen LogP contribution in [0.5, 0.6) is 0 Å². The molecule has 0 radical (unpaired) electrons. The summed E-state index contributed by atoms with van der Waals surface area (Å²) in [7, 11) is 0. The molecule has 1 saturated heterocycles. The molecule has 1 aromatic rings. The molecule has 3 nitrogen and oxygen atoms in total. The zero-order valence-electron chi connectivity index (χ0n) is 8.84. The number of benzene rings is 1. The van der Waals surface area contributed by atoms with Gasteiger partial charge in [0.05, 0.1) is 6.04 Å². The van der Waals surface area contributed by atoms with E-state index in [0.717, 1.165) is 5.56 Å². The van der Waals surface area contributed by atoms with Gasteiger partial charge in [-0.05, 0) is 18.4 Å². The number of nitrogens with zero attached hydrogens (tertiary/aromatic N) is 1. The molecule has 86 valence electrons. The van der Waals surface area contributed by atoms with Crippen molar-refractivity contribution in [3.8, 4) is 0 Å². The Hall–Kier alpha value is -1.58. The van der Waals surface area contributed by atoms with Crippen molar-refractivity contribution in [3.05, 3.63) is 35.9 Å². The van der Waals surface area contributed by atoms with E-state index in [1.54, 1.807) is 0 Å². The second kappa shape index (κ2) is 4.51. The maximum Gasteiger partial charge on any atom is 0.407 e. The Balaban J connectivity index is 2.10. The van der Waals surface area contributed by atoms with Crippen molar-refractivity contribution in [2.45, 2.75) is 25.1 Å². The van der Waals surface area contributed by atoms with Gasteiger partial charge < -0.3 is 10.0 Å². The van der Waals surface area contributed by atoms with Crippen LogP contribution < -0.4 is 0 Å². The largest absolute Gasteiger partial charge is 0.465 e. The average Bonchev–Trinajstić information content (AvgIpc) is 2.62. The number of hydrogen-bond donors (Lipinski definition) is 1. The monoisotopic (exact) mass is 223 g/mol. The molecule has 1 amide bonds. The van der Waals surface area contributed by atoms with Crippen molar-refractivity contribution >= 4 is 6.09 Å². The van der Waals surface area contributed by atoms with E-state index in [0.29, 0.717) is 19.4 Å². The number of carbonyl (C=O) groups is 1. The zero-order chi connectivity index (χ0) is 11.5. The lowest BCUT2D eigenvalue weighted by molar-refractivity contribution is 0.128. The third kappa shape index (κ3) is 2.15. The Morgan fingerprint density at radius 2 is 2.12 bits per heavy atom. The van der Waals surface area contributed by atoms with E-state index in [1.165, 1.54) is 4.90 Å². The van der Waals surface area contributed by atoms with E-state index in [1.807, 2.05) is 30.3 Å². The predicted molar refractivity (Wildman–Crippen MR) is 58.2 cm³/mol. The Kier molecular flexibility index (Phi) is 3.08. The first-order valence-electron chi connectivity index (χ1n) is 5.36. The minimum atomic E-state index is -1.05. The molecular formula is C12H14FNO2. The minimum absolute atomic E-state index is 0.300. The molecule has 0 aromatic heterocycles. The third-order valence-electron chi connectivity index (χ3n) is 3.00. The summed E-state index contributed by atoms with van der Waals surface area (Å²) in [6.07, 6.45) is -1.31. The van der Waals surface area contributed by atoms with Crippen molar-refractivity contribution in [3.63, 3.8) is 0 Å². The molecule has 1 N–H and O–H groups in total.